The number of benzene rings is 8. The molecule has 0 bridgehead atoms. The molecule has 0 spiro atoms. The summed E-state index contributed by atoms with van der Waals surface area (Å²) in [5.74, 6) is 1.97. The molecule has 3 nitrogen and oxygen atoms in total. The summed E-state index contributed by atoms with van der Waals surface area (Å²) >= 11 is 0. The van der Waals surface area contributed by atoms with Crippen LogP contribution in [0.5, 0.6) is 0 Å². The average molecular weight is 704 g/mol. The minimum atomic E-state index is 0.648. The van der Waals surface area contributed by atoms with Crippen molar-refractivity contribution < 1.29 is 0 Å². The Morgan fingerprint density at radius 3 is 0.764 bits per heavy atom. The fraction of sp³-hybridized carbons (Fsp3) is 0.0192. The molecular formula is C52H37N3. The molecule has 0 atom stereocenters. The van der Waals surface area contributed by atoms with Gasteiger partial charge < -0.3 is 0 Å². The van der Waals surface area contributed by atoms with Crippen LogP contribution in [0.3, 0.4) is 0 Å². The van der Waals surface area contributed by atoms with E-state index in [4.69, 9.17) is 15.0 Å². The minimum absolute atomic E-state index is 0.648. The predicted molar refractivity (Wildman–Crippen MR) is 228 cm³/mol. The first-order chi connectivity index (χ1) is 27.1. The third-order valence-electron chi connectivity index (χ3n) is 9.95. The summed E-state index contributed by atoms with van der Waals surface area (Å²) in [6, 6.07) is 72.9. The molecule has 0 N–H and O–H groups in total. The summed E-state index contributed by atoms with van der Waals surface area (Å²) in [6.45, 7) is 1.94. The second-order valence-electron chi connectivity index (χ2n) is 13.8. The number of rotatable bonds is 8. The van der Waals surface area contributed by atoms with E-state index < -0.39 is 0 Å². The Balaban J connectivity index is 1.10. The van der Waals surface area contributed by atoms with Gasteiger partial charge in [0, 0.05) is 11.1 Å². The highest BCUT2D eigenvalue weighted by molar-refractivity contribution is 5.84. The maximum atomic E-state index is 5.08. The van der Waals surface area contributed by atoms with Crippen molar-refractivity contribution in [2.75, 3.05) is 0 Å². The zero-order valence-corrected chi connectivity index (χ0v) is 30.5. The van der Waals surface area contributed by atoms with Gasteiger partial charge in [-0.25, -0.2) is 15.0 Å². The zero-order valence-electron chi connectivity index (χ0n) is 30.5. The molecule has 55 heavy (non-hydrogen) atoms. The summed E-state index contributed by atoms with van der Waals surface area (Å²) < 4.78 is 0. The highest BCUT2D eigenvalue weighted by Gasteiger charge is 2.14. The van der Waals surface area contributed by atoms with Crippen molar-refractivity contribution in [3.8, 4) is 89.5 Å². The van der Waals surface area contributed by atoms with Gasteiger partial charge in [-0.15, -0.1) is 0 Å². The highest BCUT2D eigenvalue weighted by atomic mass is 15.0. The van der Waals surface area contributed by atoms with E-state index in [-0.39, 0.29) is 0 Å². The van der Waals surface area contributed by atoms with Crippen LogP contribution >= 0.6 is 0 Å². The molecule has 0 saturated heterocycles. The van der Waals surface area contributed by atoms with Crippen LogP contribution in [-0.2, 0) is 0 Å². The van der Waals surface area contributed by atoms with Gasteiger partial charge in [-0.3, -0.25) is 0 Å². The number of nitrogens with zero attached hydrogens (tertiary/aromatic N) is 3. The predicted octanol–water partition coefficient (Wildman–Crippen LogP) is 13.5. The van der Waals surface area contributed by atoms with E-state index in [0.29, 0.717) is 17.5 Å². The fourth-order valence-electron chi connectivity index (χ4n) is 7.19. The van der Waals surface area contributed by atoms with Gasteiger partial charge in [-0.05, 0) is 122 Å². The van der Waals surface area contributed by atoms with Gasteiger partial charge in [-0.1, -0.05) is 158 Å². The van der Waals surface area contributed by atoms with Gasteiger partial charge >= 0.3 is 0 Å². The van der Waals surface area contributed by atoms with Crippen LogP contribution < -0.4 is 0 Å². The van der Waals surface area contributed by atoms with Crippen LogP contribution in [0.1, 0.15) is 5.82 Å². The standard InChI is InChI=1S/C52H37N3/c1-36-53-51(43-26-14-24-41(28-43)49-32-45(37-16-6-2-7-17-37)30-46(33-49)38-18-8-3-9-19-38)55-52(54-36)44-27-15-25-42(29-44)50-34-47(39-20-10-4-11-21-39)31-48(35-50)40-22-12-5-13-23-40/h2-35H,1H3. The van der Waals surface area contributed by atoms with Crippen LogP contribution in [0.2, 0.25) is 0 Å². The van der Waals surface area contributed by atoms with Crippen molar-refractivity contribution in [3.05, 3.63) is 212 Å². The molecule has 1 aromatic heterocycles. The van der Waals surface area contributed by atoms with E-state index in [0.717, 1.165) is 33.4 Å². The molecule has 0 saturated carbocycles. The third kappa shape index (κ3) is 7.37. The fourth-order valence-corrected chi connectivity index (χ4v) is 7.19. The van der Waals surface area contributed by atoms with Gasteiger partial charge in [-0.2, -0.15) is 0 Å². The van der Waals surface area contributed by atoms with Crippen LogP contribution in [0.25, 0.3) is 89.5 Å². The summed E-state index contributed by atoms with van der Waals surface area (Å²) in [5.41, 5.74) is 15.8. The van der Waals surface area contributed by atoms with Crippen LogP contribution in [-0.4, -0.2) is 15.0 Å². The number of aromatic nitrogens is 3. The van der Waals surface area contributed by atoms with Gasteiger partial charge in [0.2, 0.25) is 0 Å². The first-order valence-corrected chi connectivity index (χ1v) is 18.6. The molecule has 9 aromatic rings. The van der Waals surface area contributed by atoms with Crippen LogP contribution in [0.4, 0.5) is 0 Å². The molecule has 0 amide bonds. The Hall–Kier alpha value is -7.23. The molecule has 0 unspecified atom stereocenters. The van der Waals surface area contributed by atoms with Gasteiger partial charge in [0.15, 0.2) is 11.6 Å². The van der Waals surface area contributed by atoms with E-state index in [9.17, 15) is 0 Å². The van der Waals surface area contributed by atoms with Gasteiger partial charge in [0.1, 0.15) is 5.82 Å². The minimum Gasteiger partial charge on any atom is -0.213 e. The van der Waals surface area contributed by atoms with Crippen LogP contribution in [0.15, 0.2) is 206 Å². The van der Waals surface area contributed by atoms with E-state index in [1.165, 1.54) is 44.5 Å². The lowest BCUT2D eigenvalue weighted by Crippen LogP contribution is -2.00. The molecule has 0 fully saturated rings. The Labute approximate surface area is 322 Å². The lowest BCUT2D eigenvalue weighted by molar-refractivity contribution is 0.992. The second-order valence-corrected chi connectivity index (χ2v) is 13.8. The van der Waals surface area contributed by atoms with Crippen molar-refractivity contribution in [1.82, 2.24) is 15.0 Å². The monoisotopic (exact) mass is 703 g/mol. The number of hydrogen-bond acceptors (Lipinski definition) is 3. The quantitative estimate of drug-likeness (QED) is 0.158. The maximum Gasteiger partial charge on any atom is 0.163 e. The highest BCUT2D eigenvalue weighted by Crippen LogP contribution is 2.36. The Bertz CT molecular complexity index is 2440. The van der Waals surface area contributed by atoms with Crippen molar-refractivity contribution >= 4 is 0 Å². The Morgan fingerprint density at radius 1 is 0.218 bits per heavy atom. The molecule has 3 heteroatoms. The number of hydrogen-bond donors (Lipinski definition) is 0. The molecule has 260 valence electrons. The lowest BCUT2D eigenvalue weighted by atomic mass is 9.92. The molecule has 9 rings (SSSR count). The van der Waals surface area contributed by atoms with Crippen molar-refractivity contribution in [1.29, 1.82) is 0 Å². The largest absolute Gasteiger partial charge is 0.213 e. The normalized spacial score (nSPS) is 11.0. The Kier molecular flexibility index (Phi) is 9.17. The SMILES string of the molecule is Cc1nc(-c2cccc(-c3cc(-c4ccccc4)cc(-c4ccccc4)c3)c2)nc(-c2cccc(-c3cc(-c4ccccc4)cc(-c4ccccc4)c3)c2)n1. The third-order valence-corrected chi connectivity index (χ3v) is 9.95. The first-order valence-electron chi connectivity index (χ1n) is 18.6. The first kappa shape index (κ1) is 33.6. The average Bonchev–Trinajstić information content (AvgIpc) is 3.27. The van der Waals surface area contributed by atoms with E-state index in [2.05, 4.69) is 206 Å². The Morgan fingerprint density at radius 2 is 0.455 bits per heavy atom. The molecule has 0 aliphatic heterocycles. The summed E-state index contributed by atoms with van der Waals surface area (Å²) in [5, 5.41) is 0. The number of aryl methyl sites for hydroxylation is 1. The molecular weight excluding hydrogens is 667 g/mol. The summed E-state index contributed by atoms with van der Waals surface area (Å²) in [7, 11) is 0. The van der Waals surface area contributed by atoms with Crippen molar-refractivity contribution in [2.24, 2.45) is 0 Å². The summed E-state index contributed by atoms with van der Waals surface area (Å²) in [4.78, 5) is 14.8. The van der Waals surface area contributed by atoms with Gasteiger partial charge in [0.05, 0.1) is 0 Å². The van der Waals surface area contributed by atoms with Crippen molar-refractivity contribution in [3.63, 3.8) is 0 Å². The van der Waals surface area contributed by atoms with Crippen LogP contribution in [0, 0.1) is 6.92 Å². The topological polar surface area (TPSA) is 38.7 Å². The molecule has 0 aliphatic carbocycles. The van der Waals surface area contributed by atoms with E-state index in [1.54, 1.807) is 0 Å². The molecule has 1 heterocycles. The zero-order chi connectivity index (χ0) is 37.0. The molecule has 0 radical (unpaired) electrons. The second kappa shape index (κ2) is 15.0. The maximum absolute atomic E-state index is 5.08. The van der Waals surface area contributed by atoms with Crippen molar-refractivity contribution in [2.45, 2.75) is 6.92 Å². The lowest BCUT2D eigenvalue weighted by Gasteiger charge is -2.13. The summed E-state index contributed by atoms with van der Waals surface area (Å²) in [6.07, 6.45) is 0. The molecule has 0 aliphatic rings. The smallest absolute Gasteiger partial charge is 0.163 e. The van der Waals surface area contributed by atoms with Gasteiger partial charge in [0.25, 0.3) is 0 Å². The van der Waals surface area contributed by atoms with E-state index >= 15 is 0 Å². The van der Waals surface area contributed by atoms with E-state index in [1.807, 2.05) is 6.92 Å². The molecule has 8 aromatic carbocycles.